The first-order valence-electron chi connectivity index (χ1n) is 5.01. The molecule has 0 saturated heterocycles. The van der Waals surface area contributed by atoms with E-state index in [-0.39, 0.29) is 23.6 Å². The molecular formula is C10H11F3N2O4. The second-order valence-electron chi connectivity index (χ2n) is 3.42. The molecule has 106 valence electrons. The minimum absolute atomic E-state index is 0.0386. The van der Waals surface area contributed by atoms with Crippen LogP contribution in [0.1, 0.15) is 11.3 Å². The van der Waals surface area contributed by atoms with Gasteiger partial charge in [0.15, 0.2) is 0 Å². The van der Waals surface area contributed by atoms with Gasteiger partial charge >= 0.3 is 12.3 Å². The van der Waals surface area contributed by atoms with E-state index < -0.39 is 24.6 Å². The molecule has 0 atom stereocenters. The van der Waals surface area contributed by atoms with Crippen LogP contribution in [0.4, 0.5) is 13.2 Å². The summed E-state index contributed by atoms with van der Waals surface area (Å²) in [6.07, 6.45) is -5.53. The number of ether oxygens (including phenoxy) is 2. The molecule has 0 fully saturated rings. The lowest BCUT2D eigenvalue weighted by Gasteiger charge is -2.14. The normalized spacial score (nSPS) is 11.2. The van der Waals surface area contributed by atoms with Crippen LogP contribution in [0.2, 0.25) is 0 Å². The maximum atomic E-state index is 12.2. The molecular weight excluding hydrogens is 269 g/mol. The highest BCUT2D eigenvalue weighted by Gasteiger charge is 2.33. The van der Waals surface area contributed by atoms with E-state index in [9.17, 15) is 18.0 Å². The van der Waals surface area contributed by atoms with Crippen molar-refractivity contribution in [3.63, 3.8) is 0 Å². The average molecular weight is 280 g/mol. The summed E-state index contributed by atoms with van der Waals surface area (Å²) in [5.74, 6) is -1.99. The molecule has 0 spiro atoms. The number of halogens is 3. The summed E-state index contributed by atoms with van der Waals surface area (Å²) in [4.78, 5) is 14.1. The number of nitrogens with zero attached hydrogens (tertiary/aromatic N) is 1. The Kier molecular flexibility index (Phi) is 4.54. The highest BCUT2D eigenvalue weighted by molar-refractivity contribution is 5.70. The molecule has 6 nitrogen and oxygen atoms in total. The molecule has 1 heterocycles. The third-order valence-electron chi connectivity index (χ3n) is 2.07. The van der Waals surface area contributed by atoms with Gasteiger partial charge in [0.1, 0.15) is 5.75 Å². The van der Waals surface area contributed by atoms with E-state index in [1.807, 2.05) is 0 Å². The lowest BCUT2D eigenvalue weighted by Crippen LogP contribution is -2.20. The van der Waals surface area contributed by atoms with Gasteiger partial charge in [-0.3, -0.25) is 4.79 Å². The molecule has 0 saturated carbocycles. The molecule has 0 aliphatic heterocycles. The Balaban J connectivity index is 3.24. The number of carbonyl (C=O) groups is 1. The number of pyridine rings is 1. The smallest absolute Gasteiger partial charge is 0.495 e. The molecule has 9 heteroatoms. The summed E-state index contributed by atoms with van der Waals surface area (Å²) >= 11 is 0. The zero-order chi connectivity index (χ0) is 14.6. The van der Waals surface area contributed by atoms with Crippen LogP contribution in [-0.2, 0) is 17.8 Å². The quantitative estimate of drug-likeness (QED) is 0.838. The molecule has 0 radical (unpaired) electrons. The van der Waals surface area contributed by atoms with Crippen molar-refractivity contribution in [2.24, 2.45) is 5.73 Å². The van der Waals surface area contributed by atoms with Crippen molar-refractivity contribution in [2.75, 3.05) is 7.11 Å². The van der Waals surface area contributed by atoms with Gasteiger partial charge in [0, 0.05) is 12.1 Å². The van der Waals surface area contributed by atoms with Crippen LogP contribution in [0, 0.1) is 0 Å². The molecule has 1 aromatic heterocycles. The zero-order valence-electron chi connectivity index (χ0n) is 9.82. The van der Waals surface area contributed by atoms with Crippen LogP contribution in [0.15, 0.2) is 6.07 Å². The summed E-state index contributed by atoms with van der Waals surface area (Å²) in [5, 5.41) is 8.65. The Morgan fingerprint density at radius 1 is 1.53 bits per heavy atom. The highest BCUT2D eigenvalue weighted by Crippen LogP contribution is 2.29. The van der Waals surface area contributed by atoms with Crippen LogP contribution in [0.5, 0.6) is 11.6 Å². The van der Waals surface area contributed by atoms with Gasteiger partial charge in [-0.2, -0.15) is 0 Å². The third-order valence-corrected chi connectivity index (χ3v) is 2.07. The van der Waals surface area contributed by atoms with Gasteiger partial charge in [-0.1, -0.05) is 0 Å². The van der Waals surface area contributed by atoms with Crippen LogP contribution in [0.3, 0.4) is 0 Å². The summed E-state index contributed by atoms with van der Waals surface area (Å²) in [6, 6.07) is 1.17. The molecule has 0 aromatic carbocycles. The number of hydrogen-bond acceptors (Lipinski definition) is 5. The predicted molar refractivity (Wildman–Crippen MR) is 56.7 cm³/mol. The first kappa shape index (κ1) is 15.0. The van der Waals surface area contributed by atoms with E-state index in [2.05, 4.69) is 9.72 Å². The van der Waals surface area contributed by atoms with Crippen molar-refractivity contribution in [2.45, 2.75) is 19.3 Å². The van der Waals surface area contributed by atoms with Gasteiger partial charge in [0.2, 0.25) is 5.88 Å². The maximum Gasteiger partial charge on any atom is 0.574 e. The Morgan fingerprint density at radius 3 is 2.58 bits per heavy atom. The summed E-state index contributed by atoms with van der Waals surface area (Å²) < 4.78 is 45.1. The van der Waals surface area contributed by atoms with Crippen LogP contribution in [0.25, 0.3) is 0 Å². The zero-order valence-corrected chi connectivity index (χ0v) is 9.82. The van der Waals surface area contributed by atoms with Gasteiger partial charge in [-0.05, 0) is 6.07 Å². The molecule has 3 N–H and O–H groups in total. The van der Waals surface area contributed by atoms with Crippen molar-refractivity contribution in [3.8, 4) is 11.6 Å². The first-order chi connectivity index (χ1) is 8.76. The van der Waals surface area contributed by atoms with Gasteiger partial charge in [-0.15, -0.1) is 13.2 Å². The number of carboxylic acid groups (broad SMARTS) is 1. The summed E-state index contributed by atoms with van der Waals surface area (Å²) in [6.45, 7) is -0.262. The van der Waals surface area contributed by atoms with Gasteiger partial charge in [0.05, 0.1) is 19.2 Å². The van der Waals surface area contributed by atoms with E-state index in [4.69, 9.17) is 15.6 Å². The first-order valence-corrected chi connectivity index (χ1v) is 5.01. The number of methoxy groups -OCH3 is 1. The third kappa shape index (κ3) is 4.28. The maximum absolute atomic E-state index is 12.2. The minimum atomic E-state index is -4.94. The van der Waals surface area contributed by atoms with Crippen LogP contribution < -0.4 is 15.2 Å². The molecule has 0 bridgehead atoms. The predicted octanol–water partition coefficient (Wildman–Crippen LogP) is 1.07. The van der Waals surface area contributed by atoms with Crippen molar-refractivity contribution < 1.29 is 32.5 Å². The molecule has 19 heavy (non-hydrogen) atoms. The van der Waals surface area contributed by atoms with Crippen LogP contribution in [-0.4, -0.2) is 29.5 Å². The SMILES string of the molecule is COc1cc(CN)c(OC(F)(F)F)nc1CC(=O)O. The molecule has 1 aromatic rings. The van der Waals surface area contributed by atoms with E-state index >= 15 is 0 Å². The van der Waals surface area contributed by atoms with E-state index in [1.54, 1.807) is 0 Å². The lowest BCUT2D eigenvalue weighted by atomic mass is 10.2. The van der Waals surface area contributed by atoms with Crippen molar-refractivity contribution >= 4 is 5.97 Å². The second-order valence-corrected chi connectivity index (χ2v) is 3.42. The fourth-order valence-electron chi connectivity index (χ4n) is 1.34. The fourth-order valence-corrected chi connectivity index (χ4v) is 1.34. The molecule has 1 rings (SSSR count). The van der Waals surface area contributed by atoms with E-state index in [0.717, 1.165) is 0 Å². The Morgan fingerprint density at radius 2 is 2.16 bits per heavy atom. The van der Waals surface area contributed by atoms with Gasteiger partial charge in [-0.25, -0.2) is 4.98 Å². The van der Waals surface area contributed by atoms with Crippen LogP contribution >= 0.6 is 0 Å². The number of hydrogen-bond donors (Lipinski definition) is 2. The van der Waals surface area contributed by atoms with E-state index in [0.29, 0.717) is 0 Å². The number of aliphatic carboxylic acids is 1. The number of carboxylic acids is 1. The molecule has 0 aliphatic carbocycles. The Labute approximate surface area is 105 Å². The monoisotopic (exact) mass is 280 g/mol. The number of nitrogens with two attached hydrogens (primary N) is 1. The number of alkyl halides is 3. The van der Waals surface area contributed by atoms with Gasteiger partial charge in [0.25, 0.3) is 0 Å². The van der Waals surface area contributed by atoms with E-state index in [1.165, 1.54) is 13.2 Å². The molecule has 0 aliphatic rings. The largest absolute Gasteiger partial charge is 0.574 e. The lowest BCUT2D eigenvalue weighted by molar-refractivity contribution is -0.276. The van der Waals surface area contributed by atoms with Crippen molar-refractivity contribution in [1.29, 1.82) is 0 Å². The molecule has 0 unspecified atom stereocenters. The number of aromatic nitrogens is 1. The van der Waals surface area contributed by atoms with Crippen molar-refractivity contribution in [3.05, 3.63) is 17.3 Å². The average Bonchev–Trinajstić information content (AvgIpc) is 2.26. The van der Waals surface area contributed by atoms with Crippen molar-refractivity contribution in [1.82, 2.24) is 4.98 Å². The second kappa shape index (κ2) is 5.74. The summed E-state index contributed by atoms with van der Waals surface area (Å²) in [7, 11) is 1.24. The standard InChI is InChI=1S/C10H11F3N2O4/c1-18-7-2-5(4-14)9(19-10(11,12)13)15-6(7)3-8(16)17/h2H,3-4,14H2,1H3,(H,16,17). The topological polar surface area (TPSA) is 94.7 Å². The Hall–Kier alpha value is -2.03. The Bertz CT molecular complexity index is 477. The number of rotatable bonds is 5. The fraction of sp³-hybridized carbons (Fsp3) is 0.400. The summed E-state index contributed by atoms with van der Waals surface area (Å²) in [5.41, 5.74) is 5.07. The minimum Gasteiger partial charge on any atom is -0.495 e. The highest BCUT2D eigenvalue weighted by atomic mass is 19.4. The van der Waals surface area contributed by atoms with Gasteiger partial charge < -0.3 is 20.3 Å². The molecule has 0 amide bonds.